The van der Waals surface area contributed by atoms with E-state index in [0.717, 1.165) is 12.3 Å². The first-order chi connectivity index (χ1) is 12.8. The van der Waals surface area contributed by atoms with Gasteiger partial charge in [-0.05, 0) is 42.1 Å². The van der Waals surface area contributed by atoms with Crippen LogP contribution in [0.4, 0.5) is 8.78 Å². The maximum Gasteiger partial charge on any atom is 0.340 e. The van der Waals surface area contributed by atoms with E-state index in [1.807, 2.05) is 13.8 Å². The van der Waals surface area contributed by atoms with Crippen LogP contribution in [-0.2, 0) is 4.74 Å². The Bertz CT molecular complexity index is 1040. The minimum absolute atomic E-state index is 0.0797. The predicted molar refractivity (Wildman–Crippen MR) is 97.7 cm³/mol. The van der Waals surface area contributed by atoms with Crippen molar-refractivity contribution in [2.75, 3.05) is 6.61 Å². The highest BCUT2D eigenvalue weighted by molar-refractivity contribution is 6.28. The van der Waals surface area contributed by atoms with E-state index < -0.39 is 17.6 Å². The Labute approximate surface area is 159 Å². The highest BCUT2D eigenvalue weighted by Crippen LogP contribution is 2.33. The van der Waals surface area contributed by atoms with Crippen LogP contribution < -0.4 is 0 Å². The lowest BCUT2D eigenvalue weighted by Gasteiger charge is -2.16. The van der Waals surface area contributed by atoms with E-state index in [9.17, 15) is 13.6 Å². The summed E-state index contributed by atoms with van der Waals surface area (Å²) in [6.07, 6.45) is 2.23. The van der Waals surface area contributed by atoms with Crippen molar-refractivity contribution in [1.82, 2.24) is 15.0 Å². The molecule has 0 spiro atoms. The fraction of sp³-hybridized carbons (Fsp3) is 0.263. The van der Waals surface area contributed by atoms with Gasteiger partial charge in [-0.15, -0.1) is 0 Å². The predicted octanol–water partition coefficient (Wildman–Crippen LogP) is 4.92. The number of rotatable bonds is 4. The lowest BCUT2D eigenvalue weighted by Crippen LogP contribution is -2.11. The molecule has 0 atom stereocenters. The summed E-state index contributed by atoms with van der Waals surface area (Å²) in [5.41, 5.74) is 0.937. The maximum absolute atomic E-state index is 14.7. The zero-order valence-electron chi connectivity index (χ0n) is 14.9. The van der Waals surface area contributed by atoms with Gasteiger partial charge in [0.2, 0.25) is 5.28 Å². The lowest BCUT2D eigenvalue weighted by molar-refractivity contribution is 0.0524. The van der Waals surface area contributed by atoms with Crippen LogP contribution in [-0.4, -0.2) is 27.5 Å². The molecule has 0 aliphatic heterocycles. The van der Waals surface area contributed by atoms with Gasteiger partial charge >= 0.3 is 5.97 Å². The Hall–Kier alpha value is -2.67. The molecule has 0 radical (unpaired) electrons. The Morgan fingerprint density at radius 3 is 2.59 bits per heavy atom. The molecule has 0 aliphatic rings. The number of hydrogen-bond donors (Lipinski definition) is 0. The largest absolute Gasteiger partial charge is 0.462 e. The minimum atomic E-state index is -0.737. The second-order valence-corrected chi connectivity index (χ2v) is 6.49. The first kappa shape index (κ1) is 19.1. The Balaban J connectivity index is 2.33. The number of ether oxygens (including phenoxy) is 1. The van der Waals surface area contributed by atoms with Crippen molar-refractivity contribution in [3.63, 3.8) is 0 Å². The maximum atomic E-state index is 14.7. The first-order valence-corrected chi connectivity index (χ1v) is 8.69. The molecule has 3 aromatic rings. The lowest BCUT2D eigenvalue weighted by atomic mass is 9.92. The van der Waals surface area contributed by atoms with Crippen molar-refractivity contribution >= 4 is 28.5 Å². The third-order valence-electron chi connectivity index (χ3n) is 4.03. The van der Waals surface area contributed by atoms with Gasteiger partial charge in [-0.25, -0.2) is 23.5 Å². The zero-order valence-corrected chi connectivity index (χ0v) is 15.6. The number of halogens is 3. The van der Waals surface area contributed by atoms with Crippen molar-refractivity contribution in [2.24, 2.45) is 0 Å². The van der Waals surface area contributed by atoms with Crippen molar-refractivity contribution in [2.45, 2.75) is 26.7 Å². The van der Waals surface area contributed by atoms with Crippen molar-refractivity contribution in [3.8, 4) is 11.3 Å². The van der Waals surface area contributed by atoms with Gasteiger partial charge < -0.3 is 4.74 Å². The van der Waals surface area contributed by atoms with Crippen LogP contribution in [0.2, 0.25) is 5.28 Å². The van der Waals surface area contributed by atoms with E-state index >= 15 is 0 Å². The quantitative estimate of drug-likeness (QED) is 0.466. The fourth-order valence-electron chi connectivity index (χ4n) is 2.96. The molecule has 0 fully saturated rings. The standard InChI is InChI=1S/C19H16ClF2N3O2/c1-4-27-18(26)12-7-23-17-11(15(12)9(2)3)5-10(6-13(17)21)16-14(22)8-24-19(20)25-16/h5-9H,4H2,1-3H3. The molecule has 27 heavy (non-hydrogen) atoms. The summed E-state index contributed by atoms with van der Waals surface area (Å²) in [4.78, 5) is 23.8. The number of nitrogens with zero attached hydrogens (tertiary/aromatic N) is 3. The topological polar surface area (TPSA) is 65.0 Å². The first-order valence-electron chi connectivity index (χ1n) is 8.31. The van der Waals surface area contributed by atoms with Gasteiger partial charge in [0.25, 0.3) is 0 Å². The van der Waals surface area contributed by atoms with E-state index in [4.69, 9.17) is 16.3 Å². The van der Waals surface area contributed by atoms with Crippen LogP contribution in [0.15, 0.2) is 24.5 Å². The summed E-state index contributed by atoms with van der Waals surface area (Å²) < 4.78 is 33.9. The van der Waals surface area contributed by atoms with E-state index in [1.165, 1.54) is 6.20 Å². The number of pyridine rings is 1. The second kappa shape index (κ2) is 7.52. The van der Waals surface area contributed by atoms with E-state index in [0.29, 0.717) is 10.9 Å². The smallest absolute Gasteiger partial charge is 0.340 e. The summed E-state index contributed by atoms with van der Waals surface area (Å²) in [5, 5.41) is 0.231. The number of aromatic nitrogens is 3. The molecule has 0 saturated heterocycles. The number of benzene rings is 1. The molecule has 140 valence electrons. The molecule has 2 aromatic heterocycles. The minimum Gasteiger partial charge on any atom is -0.462 e. The molecule has 0 amide bonds. The third kappa shape index (κ3) is 3.60. The number of hydrogen-bond acceptors (Lipinski definition) is 5. The number of carbonyl (C=O) groups is 1. The van der Waals surface area contributed by atoms with Crippen LogP contribution in [0.25, 0.3) is 22.2 Å². The van der Waals surface area contributed by atoms with Crippen LogP contribution in [0.3, 0.4) is 0 Å². The van der Waals surface area contributed by atoms with Crippen molar-refractivity contribution < 1.29 is 18.3 Å². The molecule has 0 saturated carbocycles. The molecule has 0 N–H and O–H groups in total. The molecular formula is C19H16ClF2N3O2. The average Bonchev–Trinajstić information content (AvgIpc) is 2.62. The molecule has 2 heterocycles. The van der Waals surface area contributed by atoms with Gasteiger partial charge in [0.15, 0.2) is 5.82 Å². The fourth-order valence-corrected chi connectivity index (χ4v) is 3.09. The monoisotopic (exact) mass is 391 g/mol. The second-order valence-electron chi connectivity index (χ2n) is 6.15. The average molecular weight is 392 g/mol. The van der Waals surface area contributed by atoms with Gasteiger partial charge in [-0.2, -0.15) is 0 Å². The van der Waals surface area contributed by atoms with Gasteiger partial charge in [0, 0.05) is 17.1 Å². The normalized spacial score (nSPS) is 11.2. The Morgan fingerprint density at radius 2 is 1.93 bits per heavy atom. The number of carbonyl (C=O) groups excluding carboxylic acids is 1. The summed E-state index contributed by atoms with van der Waals surface area (Å²) in [5.74, 6) is -2.08. The molecular weight excluding hydrogens is 376 g/mol. The molecule has 8 heteroatoms. The van der Waals surface area contributed by atoms with E-state index in [1.54, 1.807) is 13.0 Å². The van der Waals surface area contributed by atoms with Gasteiger partial charge in [0.1, 0.15) is 17.0 Å². The van der Waals surface area contributed by atoms with Gasteiger partial charge in [-0.3, -0.25) is 4.98 Å². The SMILES string of the molecule is CCOC(=O)c1cnc2c(F)cc(-c3nc(Cl)ncc3F)cc2c1C(C)C. The number of esters is 1. The molecule has 0 unspecified atom stereocenters. The van der Waals surface area contributed by atoms with E-state index in [-0.39, 0.29) is 40.1 Å². The molecule has 5 nitrogen and oxygen atoms in total. The van der Waals surface area contributed by atoms with Crippen molar-refractivity contribution in [3.05, 3.63) is 52.6 Å². The molecule has 0 aliphatic carbocycles. The Morgan fingerprint density at radius 1 is 1.19 bits per heavy atom. The van der Waals surface area contributed by atoms with E-state index in [2.05, 4.69) is 15.0 Å². The summed E-state index contributed by atoms with van der Waals surface area (Å²) in [6, 6.07) is 2.68. The van der Waals surface area contributed by atoms with Crippen LogP contribution in [0.1, 0.15) is 42.6 Å². The van der Waals surface area contributed by atoms with Gasteiger partial charge in [-0.1, -0.05) is 13.8 Å². The summed E-state index contributed by atoms with van der Waals surface area (Å²) in [7, 11) is 0. The molecule has 0 bridgehead atoms. The molecule has 1 aromatic carbocycles. The summed E-state index contributed by atoms with van der Waals surface area (Å²) >= 11 is 5.75. The molecule has 3 rings (SSSR count). The van der Waals surface area contributed by atoms with Crippen molar-refractivity contribution in [1.29, 1.82) is 0 Å². The van der Waals surface area contributed by atoms with Crippen LogP contribution in [0, 0.1) is 11.6 Å². The Kier molecular flexibility index (Phi) is 5.32. The highest BCUT2D eigenvalue weighted by Gasteiger charge is 2.22. The third-order valence-corrected chi connectivity index (χ3v) is 4.21. The highest BCUT2D eigenvalue weighted by atomic mass is 35.5. The summed E-state index contributed by atoms with van der Waals surface area (Å²) in [6.45, 7) is 5.63. The van der Waals surface area contributed by atoms with Gasteiger partial charge in [0.05, 0.1) is 18.4 Å². The number of fused-ring (bicyclic) bond motifs is 1. The van der Waals surface area contributed by atoms with Crippen LogP contribution >= 0.6 is 11.6 Å². The van der Waals surface area contributed by atoms with Crippen LogP contribution in [0.5, 0.6) is 0 Å². The zero-order chi connectivity index (χ0) is 19.7.